The second-order valence-electron chi connectivity index (χ2n) is 11.6. The number of benzene rings is 2. The number of nitro groups is 2. The zero-order valence-corrected chi connectivity index (χ0v) is 25.5. The number of hydrogen-bond acceptors (Lipinski definition) is 11. The number of carbonyl (C=O) groups is 1. The molecule has 1 aliphatic rings. The number of rotatable bonds is 18. The fourth-order valence-electron chi connectivity index (χ4n) is 5.78. The van der Waals surface area contributed by atoms with Crippen molar-refractivity contribution in [2.24, 2.45) is 0 Å². The summed E-state index contributed by atoms with van der Waals surface area (Å²) in [4.78, 5) is 36.5. The molecular weight excluding hydrogens is 588 g/mol. The summed E-state index contributed by atoms with van der Waals surface area (Å²) in [6, 6.07) is 11.8. The zero-order chi connectivity index (χ0) is 33.0. The third-order valence-corrected chi connectivity index (χ3v) is 8.46. The number of ether oxygens (including phenoxy) is 2. The maximum absolute atomic E-state index is 14.0. The lowest BCUT2D eigenvalue weighted by Crippen LogP contribution is -2.65. The van der Waals surface area contributed by atoms with Gasteiger partial charge in [-0.1, -0.05) is 95.0 Å². The topological polar surface area (TPSA) is 203 Å². The van der Waals surface area contributed by atoms with E-state index in [0.717, 1.165) is 49.9 Å². The number of nitrogens with zero attached hydrogens (tertiary/aromatic N) is 2. The lowest BCUT2D eigenvalue weighted by molar-refractivity contribution is -0.566. The highest BCUT2D eigenvalue weighted by atomic mass is 16.7. The molecule has 1 unspecified atom stereocenters. The van der Waals surface area contributed by atoms with Crippen LogP contribution in [0.5, 0.6) is 0 Å². The molecule has 1 aliphatic heterocycles. The predicted molar refractivity (Wildman–Crippen MR) is 162 cm³/mol. The van der Waals surface area contributed by atoms with Gasteiger partial charge in [-0.15, -0.1) is 0 Å². The highest BCUT2D eigenvalue weighted by molar-refractivity contribution is 5.81. The largest absolute Gasteiger partial charge is 0.448 e. The van der Waals surface area contributed by atoms with Gasteiger partial charge in [0.1, 0.15) is 18.3 Å². The quantitative estimate of drug-likeness (QED) is 0.0792. The van der Waals surface area contributed by atoms with Crippen LogP contribution in [-0.4, -0.2) is 67.3 Å². The van der Waals surface area contributed by atoms with Crippen molar-refractivity contribution in [3.05, 3.63) is 86.0 Å². The molecule has 0 spiro atoms. The molecule has 248 valence electrons. The Morgan fingerprint density at radius 2 is 1.44 bits per heavy atom. The van der Waals surface area contributed by atoms with Crippen molar-refractivity contribution in [1.29, 1.82) is 0 Å². The van der Waals surface area contributed by atoms with Gasteiger partial charge in [-0.2, -0.15) is 0 Å². The first-order valence-corrected chi connectivity index (χ1v) is 15.6. The SMILES string of the molecule is CCCCCCCCCCCCC(C(=O)O[C@H]1[C@@H](O)[C@H](O)[C@@H](CO)O[C@]1(O)c1ccc([N+](=O)[O-])cc1)(c1ccccc1)[N+](=O)[O-]. The summed E-state index contributed by atoms with van der Waals surface area (Å²) in [5, 5.41) is 66.9. The number of non-ortho nitro benzene ring substituents is 1. The van der Waals surface area contributed by atoms with Crippen LogP contribution in [0.3, 0.4) is 0 Å². The standard InChI is InChI=1S/C32H44N2O11/c1-2-3-4-5-6-7-8-9-10-14-21-31(34(42)43,23-15-12-11-13-16-23)30(38)44-29-28(37)27(36)26(22-35)45-32(29,39)24-17-19-25(20-18-24)33(40)41/h11-13,15-20,26-29,35-37,39H,2-10,14,21-22H2,1H3/t26-,27-,28+,29+,31?,32-/m1/s1. The summed E-state index contributed by atoms with van der Waals surface area (Å²) in [5.74, 6) is -4.13. The predicted octanol–water partition coefficient (Wildman–Crippen LogP) is 4.25. The molecule has 0 bridgehead atoms. The molecule has 0 saturated carbocycles. The van der Waals surface area contributed by atoms with Gasteiger partial charge in [0.05, 0.1) is 11.5 Å². The molecular formula is C32H44N2O11. The average Bonchev–Trinajstić information content (AvgIpc) is 3.04. The summed E-state index contributed by atoms with van der Waals surface area (Å²) in [6.45, 7) is 1.31. The van der Waals surface area contributed by atoms with E-state index in [1.54, 1.807) is 18.2 Å². The van der Waals surface area contributed by atoms with Gasteiger partial charge in [0, 0.05) is 34.6 Å². The van der Waals surface area contributed by atoms with Gasteiger partial charge in [-0.25, -0.2) is 4.79 Å². The number of unbranched alkanes of at least 4 members (excludes halogenated alkanes) is 9. The number of esters is 1. The van der Waals surface area contributed by atoms with Gasteiger partial charge in [-0.05, 0) is 18.6 Å². The van der Waals surface area contributed by atoms with Crippen LogP contribution in [0.15, 0.2) is 54.6 Å². The molecule has 0 radical (unpaired) electrons. The fraction of sp³-hybridized carbons (Fsp3) is 0.594. The molecule has 1 saturated heterocycles. The van der Waals surface area contributed by atoms with Gasteiger partial charge in [0.2, 0.25) is 5.79 Å². The van der Waals surface area contributed by atoms with Crippen LogP contribution in [0, 0.1) is 20.2 Å². The summed E-state index contributed by atoms with van der Waals surface area (Å²) >= 11 is 0. The number of nitro benzene ring substituents is 1. The molecule has 0 aromatic heterocycles. The minimum atomic E-state index is -2.74. The number of aliphatic hydroxyl groups excluding tert-OH is 3. The highest BCUT2D eigenvalue weighted by Crippen LogP contribution is 2.41. The van der Waals surface area contributed by atoms with Crippen molar-refractivity contribution in [3.63, 3.8) is 0 Å². The molecule has 13 nitrogen and oxygen atoms in total. The van der Waals surface area contributed by atoms with E-state index in [1.807, 2.05) is 0 Å². The van der Waals surface area contributed by atoms with Crippen LogP contribution in [-0.2, 0) is 25.6 Å². The summed E-state index contributed by atoms with van der Waals surface area (Å²) in [5.41, 5.74) is -2.93. The first-order valence-electron chi connectivity index (χ1n) is 15.6. The summed E-state index contributed by atoms with van der Waals surface area (Å²) in [6.07, 6.45) is 1.89. The molecule has 6 atom stereocenters. The minimum absolute atomic E-state index is 0.0369. The maximum atomic E-state index is 14.0. The number of hydrogen-bond donors (Lipinski definition) is 4. The lowest BCUT2D eigenvalue weighted by atomic mass is 9.84. The van der Waals surface area contributed by atoms with Crippen LogP contribution in [0.25, 0.3) is 0 Å². The Hall–Kier alpha value is -3.49. The molecule has 0 amide bonds. The minimum Gasteiger partial charge on any atom is -0.448 e. The average molecular weight is 633 g/mol. The normalized spacial score (nSPS) is 24.5. The first-order chi connectivity index (χ1) is 21.5. The summed E-state index contributed by atoms with van der Waals surface area (Å²) in [7, 11) is 0. The third-order valence-electron chi connectivity index (χ3n) is 8.46. The molecule has 13 heteroatoms. The van der Waals surface area contributed by atoms with E-state index in [-0.39, 0.29) is 23.2 Å². The van der Waals surface area contributed by atoms with Crippen molar-refractivity contribution < 1.29 is 44.5 Å². The zero-order valence-electron chi connectivity index (χ0n) is 25.5. The van der Waals surface area contributed by atoms with Crippen molar-refractivity contribution >= 4 is 11.7 Å². The van der Waals surface area contributed by atoms with Gasteiger partial charge >= 0.3 is 11.5 Å². The molecule has 0 aliphatic carbocycles. The van der Waals surface area contributed by atoms with Crippen LogP contribution in [0.1, 0.15) is 88.7 Å². The highest BCUT2D eigenvalue weighted by Gasteiger charge is 2.61. The molecule has 2 aromatic rings. The van der Waals surface area contributed by atoms with Crippen molar-refractivity contribution in [1.82, 2.24) is 0 Å². The van der Waals surface area contributed by atoms with Crippen LogP contribution >= 0.6 is 0 Å². The van der Waals surface area contributed by atoms with E-state index in [2.05, 4.69) is 6.92 Å². The van der Waals surface area contributed by atoms with E-state index in [0.29, 0.717) is 12.8 Å². The van der Waals surface area contributed by atoms with Crippen molar-refractivity contribution in [3.8, 4) is 0 Å². The second-order valence-corrected chi connectivity index (χ2v) is 11.6. The Morgan fingerprint density at radius 3 is 1.96 bits per heavy atom. The van der Waals surface area contributed by atoms with Gasteiger partial charge in [0.25, 0.3) is 5.69 Å². The smallest absolute Gasteiger partial charge is 0.390 e. The van der Waals surface area contributed by atoms with Crippen molar-refractivity contribution in [2.45, 2.75) is 113 Å². The second kappa shape index (κ2) is 16.7. The first kappa shape index (κ1) is 36.0. The monoisotopic (exact) mass is 632 g/mol. The Morgan fingerprint density at radius 1 is 0.889 bits per heavy atom. The molecule has 45 heavy (non-hydrogen) atoms. The van der Waals surface area contributed by atoms with Crippen LogP contribution < -0.4 is 0 Å². The third kappa shape index (κ3) is 8.41. The van der Waals surface area contributed by atoms with Gasteiger partial charge in [0.15, 0.2) is 6.10 Å². The lowest BCUT2D eigenvalue weighted by Gasteiger charge is -2.47. The fourth-order valence-corrected chi connectivity index (χ4v) is 5.78. The Bertz CT molecular complexity index is 1250. The van der Waals surface area contributed by atoms with E-state index >= 15 is 0 Å². The van der Waals surface area contributed by atoms with E-state index in [1.165, 1.54) is 37.8 Å². The number of carbonyl (C=O) groups excluding carboxylic acids is 1. The van der Waals surface area contributed by atoms with E-state index in [4.69, 9.17) is 9.47 Å². The number of aliphatic hydroxyl groups is 4. The van der Waals surface area contributed by atoms with Crippen molar-refractivity contribution in [2.75, 3.05) is 6.61 Å². The summed E-state index contributed by atoms with van der Waals surface area (Å²) < 4.78 is 11.1. The molecule has 2 aromatic carbocycles. The molecule has 1 fully saturated rings. The molecule has 4 N–H and O–H groups in total. The van der Waals surface area contributed by atoms with E-state index < -0.39 is 58.2 Å². The molecule has 3 rings (SSSR count). The maximum Gasteiger partial charge on any atom is 0.390 e. The van der Waals surface area contributed by atoms with Crippen LogP contribution in [0.4, 0.5) is 5.69 Å². The Labute approximate surface area is 262 Å². The Balaban J connectivity index is 1.88. The van der Waals surface area contributed by atoms with E-state index in [9.17, 15) is 45.4 Å². The van der Waals surface area contributed by atoms with Gasteiger partial charge in [-0.3, -0.25) is 20.2 Å². The Kier molecular flexibility index (Phi) is 13.4. The van der Waals surface area contributed by atoms with Crippen LogP contribution in [0.2, 0.25) is 0 Å². The molecule has 1 heterocycles. The van der Waals surface area contributed by atoms with Gasteiger partial charge < -0.3 is 29.9 Å².